The van der Waals surface area contributed by atoms with Gasteiger partial charge in [-0.1, -0.05) is 200 Å². The fourth-order valence-corrected chi connectivity index (χ4v) is 7.73. The third kappa shape index (κ3) is 26.7. The minimum Gasteiger partial charge on any atom is -0.394 e. The molecule has 0 aromatic heterocycles. The molecule has 1 amide bonds. The van der Waals surface area contributed by atoms with Crippen molar-refractivity contribution in [1.29, 1.82) is 0 Å². The zero-order valence-electron chi connectivity index (χ0n) is 35.6. The van der Waals surface area contributed by atoms with Crippen LogP contribution >= 0.6 is 0 Å². The summed E-state index contributed by atoms with van der Waals surface area (Å²) < 4.78 is 11.1. The summed E-state index contributed by atoms with van der Waals surface area (Å²) >= 11 is 0. The summed E-state index contributed by atoms with van der Waals surface area (Å²) in [5, 5.41) is 65.0. The molecule has 0 aromatic carbocycles. The number of amides is 1. The Morgan fingerprint density at radius 2 is 0.945 bits per heavy atom. The highest BCUT2D eigenvalue weighted by Crippen LogP contribution is 2.23. The van der Waals surface area contributed by atoms with E-state index in [9.17, 15) is 35.4 Å². The van der Waals surface area contributed by atoms with Crippen molar-refractivity contribution in [2.24, 2.45) is 0 Å². The summed E-state index contributed by atoms with van der Waals surface area (Å²) in [6.45, 7) is 3.59. The third-order valence-electron chi connectivity index (χ3n) is 11.6. The van der Waals surface area contributed by atoms with Crippen LogP contribution in [0, 0.1) is 0 Å². The lowest BCUT2D eigenvalue weighted by atomic mass is 9.98. The first-order chi connectivity index (χ1) is 26.8. The largest absolute Gasteiger partial charge is 0.394 e. The number of nitrogens with one attached hydrogen (secondary N) is 1. The maximum Gasteiger partial charge on any atom is 0.220 e. The number of unbranched alkanes of at least 4 members (excludes halogenated alkanes) is 28. The van der Waals surface area contributed by atoms with Gasteiger partial charge in [-0.05, 0) is 12.8 Å². The van der Waals surface area contributed by atoms with Crippen molar-refractivity contribution in [1.82, 2.24) is 5.32 Å². The van der Waals surface area contributed by atoms with Gasteiger partial charge in [0.25, 0.3) is 0 Å². The second-order valence-corrected chi connectivity index (χ2v) is 16.7. The lowest BCUT2D eigenvalue weighted by Crippen LogP contribution is -2.60. The van der Waals surface area contributed by atoms with Crippen LogP contribution < -0.4 is 5.32 Å². The van der Waals surface area contributed by atoms with Crippen molar-refractivity contribution >= 4 is 5.91 Å². The molecule has 0 unspecified atom stereocenters. The van der Waals surface area contributed by atoms with Crippen LogP contribution in [0.5, 0.6) is 0 Å². The Hall–Kier alpha value is -0.850. The van der Waals surface area contributed by atoms with Crippen LogP contribution in [0.1, 0.15) is 219 Å². The summed E-state index contributed by atoms with van der Waals surface area (Å²) in [4.78, 5) is 13.0. The van der Waals surface area contributed by atoms with E-state index in [2.05, 4.69) is 19.2 Å². The molecule has 1 aliphatic rings. The molecule has 1 saturated heterocycles. The molecule has 0 aliphatic carbocycles. The zero-order chi connectivity index (χ0) is 40.4. The van der Waals surface area contributed by atoms with Gasteiger partial charge in [0.15, 0.2) is 6.29 Å². The van der Waals surface area contributed by atoms with Crippen LogP contribution in [0.2, 0.25) is 0 Å². The normalized spacial score (nSPS) is 21.8. The summed E-state index contributed by atoms with van der Waals surface area (Å²) in [6.07, 6.45) is 28.4. The fourth-order valence-electron chi connectivity index (χ4n) is 7.73. The molecule has 8 atom stereocenters. The highest BCUT2D eigenvalue weighted by Gasteiger charge is 2.44. The number of carbonyl (C=O) groups is 1. The van der Waals surface area contributed by atoms with Gasteiger partial charge >= 0.3 is 0 Å². The van der Waals surface area contributed by atoms with E-state index in [0.29, 0.717) is 6.42 Å². The van der Waals surface area contributed by atoms with Crippen LogP contribution in [-0.2, 0) is 14.3 Å². The Kier molecular flexibility index (Phi) is 34.4. The number of hydrogen-bond acceptors (Lipinski definition) is 9. The van der Waals surface area contributed by atoms with Gasteiger partial charge in [0.2, 0.25) is 5.91 Å². The van der Waals surface area contributed by atoms with Crippen LogP contribution in [0.25, 0.3) is 0 Å². The molecule has 0 bridgehead atoms. The quantitative estimate of drug-likeness (QED) is 0.0302. The maximum atomic E-state index is 13.0. The Morgan fingerprint density at radius 1 is 0.564 bits per heavy atom. The first-order valence-electron chi connectivity index (χ1n) is 23.3. The molecule has 0 radical (unpaired) electrons. The number of hydrogen-bond donors (Lipinski definition) is 7. The molecule has 1 rings (SSSR count). The van der Waals surface area contributed by atoms with Crippen LogP contribution in [0.15, 0.2) is 0 Å². The Morgan fingerprint density at radius 3 is 1.35 bits per heavy atom. The Labute approximate surface area is 336 Å². The van der Waals surface area contributed by atoms with Gasteiger partial charge in [0.05, 0.1) is 25.4 Å². The molecule has 10 nitrogen and oxygen atoms in total. The predicted octanol–water partition coefficient (Wildman–Crippen LogP) is 8.53. The molecule has 328 valence electrons. The lowest BCUT2D eigenvalue weighted by Gasteiger charge is -2.40. The number of aliphatic hydroxyl groups excluding tert-OH is 6. The van der Waals surface area contributed by atoms with E-state index in [-0.39, 0.29) is 18.9 Å². The van der Waals surface area contributed by atoms with E-state index in [1.54, 1.807) is 0 Å². The average molecular weight is 788 g/mol. The standard InChI is InChI=1S/C45H89NO9/c1-3-5-7-9-11-13-14-15-16-17-18-19-20-21-22-23-24-26-28-30-32-34-40(49)46-37(36-54-45-44(53)43(52)42(51)39(35-47)55-45)41(50)38(48)33-31-29-27-25-12-10-8-6-4-2/h37-39,41-45,47-48,50-53H,3-36H2,1-2H3,(H,46,49)/t37-,38+,39+,41-,42-,43-,44+,45-/m0/s1. The van der Waals surface area contributed by atoms with Gasteiger partial charge in [-0.2, -0.15) is 0 Å². The molecular weight excluding hydrogens is 698 g/mol. The van der Waals surface area contributed by atoms with Crippen molar-refractivity contribution in [2.45, 2.75) is 268 Å². The minimum absolute atomic E-state index is 0.255. The fraction of sp³-hybridized carbons (Fsp3) is 0.978. The van der Waals surface area contributed by atoms with Crippen molar-refractivity contribution < 1.29 is 44.9 Å². The zero-order valence-corrected chi connectivity index (χ0v) is 35.6. The molecule has 55 heavy (non-hydrogen) atoms. The molecule has 1 heterocycles. The van der Waals surface area contributed by atoms with Gasteiger partial charge in [-0.3, -0.25) is 4.79 Å². The van der Waals surface area contributed by atoms with Crippen molar-refractivity contribution in [3.8, 4) is 0 Å². The number of aliphatic hydroxyl groups is 6. The lowest BCUT2D eigenvalue weighted by molar-refractivity contribution is -0.303. The third-order valence-corrected chi connectivity index (χ3v) is 11.6. The Balaban J connectivity index is 2.30. The molecule has 1 fully saturated rings. The van der Waals surface area contributed by atoms with Crippen molar-refractivity contribution in [3.63, 3.8) is 0 Å². The van der Waals surface area contributed by atoms with E-state index in [1.165, 1.54) is 148 Å². The smallest absolute Gasteiger partial charge is 0.220 e. The number of carbonyl (C=O) groups excluding carboxylic acids is 1. The topological polar surface area (TPSA) is 169 Å². The summed E-state index contributed by atoms with van der Waals surface area (Å²) in [7, 11) is 0. The SMILES string of the molecule is CCCCCCCCCCCCCCCCCCCCCCCC(=O)N[C@@H](CO[C@H]1O[C@H](CO)[C@H](O)[C@H](O)[C@H]1O)[C@H](O)[C@H](O)CCCCCCCCCCC. The van der Waals surface area contributed by atoms with Crippen molar-refractivity contribution in [2.75, 3.05) is 13.2 Å². The van der Waals surface area contributed by atoms with Crippen LogP contribution in [0.3, 0.4) is 0 Å². The molecular formula is C45H89NO9. The first-order valence-corrected chi connectivity index (χ1v) is 23.3. The molecule has 0 spiro atoms. The van der Waals surface area contributed by atoms with E-state index >= 15 is 0 Å². The summed E-state index contributed by atoms with van der Waals surface area (Å²) in [6, 6.07) is -0.983. The maximum absolute atomic E-state index is 13.0. The first kappa shape index (κ1) is 52.2. The van der Waals surface area contributed by atoms with Gasteiger partial charge in [-0.15, -0.1) is 0 Å². The van der Waals surface area contributed by atoms with Gasteiger partial charge < -0.3 is 45.4 Å². The number of ether oxygens (including phenoxy) is 2. The predicted molar refractivity (Wildman–Crippen MR) is 223 cm³/mol. The average Bonchev–Trinajstić information content (AvgIpc) is 3.18. The van der Waals surface area contributed by atoms with E-state index < -0.39 is 55.6 Å². The van der Waals surface area contributed by atoms with Gasteiger partial charge in [-0.25, -0.2) is 0 Å². The minimum atomic E-state index is -1.60. The second kappa shape index (κ2) is 36.2. The number of rotatable bonds is 39. The molecule has 0 aromatic rings. The summed E-state index contributed by atoms with van der Waals surface area (Å²) in [5.74, 6) is -0.255. The molecule has 7 N–H and O–H groups in total. The highest BCUT2D eigenvalue weighted by atomic mass is 16.7. The molecule has 10 heteroatoms. The van der Waals surface area contributed by atoms with E-state index in [1.807, 2.05) is 0 Å². The van der Waals surface area contributed by atoms with Gasteiger partial charge in [0.1, 0.15) is 30.5 Å². The monoisotopic (exact) mass is 788 g/mol. The molecule has 0 saturated carbocycles. The Bertz CT molecular complexity index is 849. The van der Waals surface area contributed by atoms with E-state index in [0.717, 1.165) is 44.9 Å². The van der Waals surface area contributed by atoms with E-state index in [4.69, 9.17) is 9.47 Å². The van der Waals surface area contributed by atoms with Crippen molar-refractivity contribution in [3.05, 3.63) is 0 Å². The molecule has 1 aliphatic heterocycles. The van der Waals surface area contributed by atoms with Crippen LogP contribution in [-0.4, -0.2) is 98.7 Å². The second-order valence-electron chi connectivity index (χ2n) is 16.7. The van der Waals surface area contributed by atoms with Crippen LogP contribution in [0.4, 0.5) is 0 Å². The highest BCUT2D eigenvalue weighted by molar-refractivity contribution is 5.76. The summed E-state index contributed by atoms with van der Waals surface area (Å²) in [5.41, 5.74) is 0. The van der Waals surface area contributed by atoms with Gasteiger partial charge in [0, 0.05) is 6.42 Å².